The quantitative estimate of drug-likeness (QED) is 0.272. The van der Waals surface area contributed by atoms with E-state index in [-0.39, 0.29) is 25.0 Å². The molecule has 0 fully saturated rings. The molecule has 1 unspecified atom stereocenters. The summed E-state index contributed by atoms with van der Waals surface area (Å²) in [4.78, 5) is 59.4. The zero-order chi connectivity index (χ0) is 30.6. The van der Waals surface area contributed by atoms with E-state index in [4.69, 9.17) is 4.74 Å². The number of benzene rings is 2. The zero-order valence-corrected chi connectivity index (χ0v) is 22.8. The van der Waals surface area contributed by atoms with Crippen LogP contribution in [0.4, 0.5) is 18.0 Å². The molecule has 13 heteroatoms. The average Bonchev–Trinajstić information content (AvgIpc) is 2.90. The lowest BCUT2D eigenvalue weighted by molar-refractivity contribution is -0.202. The van der Waals surface area contributed by atoms with Gasteiger partial charge < -0.3 is 25.4 Å². The van der Waals surface area contributed by atoms with Gasteiger partial charge in [-0.15, -0.1) is 0 Å². The summed E-state index contributed by atoms with van der Waals surface area (Å²) >= 11 is 0. The number of ether oxygens (including phenoxy) is 2. The maximum Gasteiger partial charge on any atom is 0.491 e. The van der Waals surface area contributed by atoms with Gasteiger partial charge in [0.15, 0.2) is 0 Å². The third kappa shape index (κ3) is 12.5. The predicted octanol–water partition coefficient (Wildman–Crippen LogP) is 3.81. The maximum absolute atomic E-state index is 12.5. The number of rotatable bonds is 11. The lowest BCUT2D eigenvalue weighted by Gasteiger charge is -2.19. The number of carbonyl (C=O) groups is 5. The SMILES string of the molecule is CC(C)(C)COC(=O)NCCC(=O)NCC(=O)NC(CC(=O)OC(=O)C(F)(F)F)c1ccc(-c2ccccc2)cc1. The summed E-state index contributed by atoms with van der Waals surface area (Å²) in [6, 6.07) is 14.6. The van der Waals surface area contributed by atoms with Gasteiger partial charge in [-0.25, -0.2) is 9.59 Å². The summed E-state index contributed by atoms with van der Waals surface area (Å²) in [5, 5.41) is 7.21. The van der Waals surface area contributed by atoms with Crippen LogP contribution in [0.15, 0.2) is 54.6 Å². The fraction of sp³-hybridized carbons (Fsp3) is 0.393. The van der Waals surface area contributed by atoms with Gasteiger partial charge in [-0.05, 0) is 22.1 Å². The highest BCUT2D eigenvalue weighted by Crippen LogP contribution is 2.24. The molecule has 0 aromatic heterocycles. The van der Waals surface area contributed by atoms with Crippen molar-refractivity contribution in [2.45, 2.75) is 45.8 Å². The van der Waals surface area contributed by atoms with Gasteiger partial charge in [0, 0.05) is 13.0 Å². The monoisotopic (exact) mass is 579 g/mol. The highest BCUT2D eigenvalue weighted by Gasteiger charge is 2.42. The lowest BCUT2D eigenvalue weighted by Crippen LogP contribution is -2.40. The van der Waals surface area contributed by atoms with Crippen molar-refractivity contribution in [3.05, 3.63) is 60.2 Å². The first kappa shape index (κ1) is 32.8. The van der Waals surface area contributed by atoms with E-state index in [1.54, 1.807) is 24.3 Å². The van der Waals surface area contributed by atoms with Crippen LogP contribution in [-0.2, 0) is 28.7 Å². The summed E-state index contributed by atoms with van der Waals surface area (Å²) in [7, 11) is 0. The standard InChI is InChI=1S/C28H32F3N3O7/c1-27(2,3)17-40-26(39)32-14-13-22(35)33-16-23(36)34-21(15-24(37)41-25(38)28(29,30)31)20-11-9-19(10-12-20)18-7-5-4-6-8-18/h4-12,21H,13-17H2,1-3H3,(H,32,39)(H,33,35)(H,34,36). The van der Waals surface area contributed by atoms with Gasteiger partial charge in [-0.2, -0.15) is 13.2 Å². The van der Waals surface area contributed by atoms with Crippen molar-refractivity contribution in [2.24, 2.45) is 5.41 Å². The Morgan fingerprint density at radius 3 is 2.02 bits per heavy atom. The van der Waals surface area contributed by atoms with Gasteiger partial charge >= 0.3 is 24.2 Å². The maximum atomic E-state index is 12.5. The van der Waals surface area contributed by atoms with E-state index >= 15 is 0 Å². The first-order chi connectivity index (χ1) is 19.1. The number of alkyl halides is 3. The molecule has 0 heterocycles. The molecule has 0 aliphatic rings. The molecule has 10 nitrogen and oxygen atoms in total. The molecule has 0 saturated heterocycles. The second-order valence-electron chi connectivity index (χ2n) is 10.2. The Morgan fingerprint density at radius 1 is 0.829 bits per heavy atom. The number of hydrogen-bond donors (Lipinski definition) is 3. The predicted molar refractivity (Wildman–Crippen MR) is 141 cm³/mol. The van der Waals surface area contributed by atoms with Crippen LogP contribution in [0.3, 0.4) is 0 Å². The van der Waals surface area contributed by atoms with E-state index < -0.39 is 55.0 Å². The molecule has 0 saturated carbocycles. The van der Waals surface area contributed by atoms with Crippen molar-refractivity contribution in [1.29, 1.82) is 0 Å². The molecule has 41 heavy (non-hydrogen) atoms. The van der Waals surface area contributed by atoms with E-state index in [0.29, 0.717) is 5.56 Å². The van der Waals surface area contributed by atoms with Crippen LogP contribution in [0, 0.1) is 5.41 Å². The van der Waals surface area contributed by atoms with Crippen LogP contribution in [0.1, 0.15) is 45.2 Å². The minimum absolute atomic E-state index is 0.0497. The molecule has 0 bridgehead atoms. The Balaban J connectivity index is 1.97. The number of hydrogen-bond acceptors (Lipinski definition) is 7. The Hall–Kier alpha value is -4.42. The Kier molecular flexibility index (Phi) is 11.9. The summed E-state index contributed by atoms with van der Waals surface area (Å²) in [6.45, 7) is 5.25. The zero-order valence-electron chi connectivity index (χ0n) is 22.8. The summed E-state index contributed by atoms with van der Waals surface area (Å²) in [6.07, 6.45) is -7.00. The summed E-state index contributed by atoms with van der Waals surface area (Å²) in [5.41, 5.74) is 1.81. The van der Waals surface area contributed by atoms with Crippen LogP contribution in [-0.4, -0.2) is 55.7 Å². The number of halogens is 3. The highest BCUT2D eigenvalue weighted by molar-refractivity contribution is 5.89. The third-order valence-corrected chi connectivity index (χ3v) is 5.27. The second kappa shape index (κ2) is 14.8. The van der Waals surface area contributed by atoms with Crippen molar-refractivity contribution in [3.63, 3.8) is 0 Å². The molecule has 3 N–H and O–H groups in total. The molecule has 2 aromatic rings. The van der Waals surface area contributed by atoms with Crippen molar-refractivity contribution in [3.8, 4) is 11.1 Å². The van der Waals surface area contributed by atoms with E-state index in [1.807, 2.05) is 51.1 Å². The van der Waals surface area contributed by atoms with Crippen LogP contribution < -0.4 is 16.0 Å². The molecule has 0 spiro atoms. The van der Waals surface area contributed by atoms with Gasteiger partial charge in [-0.3, -0.25) is 14.4 Å². The largest absolute Gasteiger partial charge is 0.491 e. The normalized spacial score (nSPS) is 12.0. The summed E-state index contributed by atoms with van der Waals surface area (Å²) < 4.78 is 46.4. The minimum Gasteiger partial charge on any atom is -0.449 e. The van der Waals surface area contributed by atoms with E-state index in [1.165, 1.54) is 0 Å². The molecule has 0 radical (unpaired) electrons. The van der Waals surface area contributed by atoms with E-state index in [0.717, 1.165) is 11.1 Å². The van der Waals surface area contributed by atoms with Gasteiger partial charge in [-0.1, -0.05) is 75.4 Å². The fourth-order valence-corrected chi connectivity index (χ4v) is 3.28. The smallest absolute Gasteiger partial charge is 0.449 e. The van der Waals surface area contributed by atoms with Crippen molar-refractivity contribution < 1.29 is 46.6 Å². The number of alkyl carbamates (subject to hydrolysis) is 1. The van der Waals surface area contributed by atoms with Crippen LogP contribution in [0.2, 0.25) is 0 Å². The van der Waals surface area contributed by atoms with Gasteiger partial charge in [0.25, 0.3) is 0 Å². The van der Waals surface area contributed by atoms with Gasteiger partial charge in [0.2, 0.25) is 11.8 Å². The summed E-state index contributed by atoms with van der Waals surface area (Å²) in [5.74, 6) is -5.51. The van der Waals surface area contributed by atoms with Crippen molar-refractivity contribution >= 4 is 29.8 Å². The van der Waals surface area contributed by atoms with Crippen LogP contribution >= 0.6 is 0 Å². The number of nitrogens with one attached hydrogen (secondary N) is 3. The van der Waals surface area contributed by atoms with Crippen molar-refractivity contribution in [1.82, 2.24) is 16.0 Å². The first-order valence-electron chi connectivity index (χ1n) is 12.6. The first-order valence-corrected chi connectivity index (χ1v) is 12.6. The minimum atomic E-state index is -5.37. The molecule has 1 atom stereocenters. The molecule has 3 amide bonds. The molecule has 2 rings (SSSR count). The average molecular weight is 580 g/mol. The van der Waals surface area contributed by atoms with E-state index in [9.17, 15) is 37.1 Å². The number of carbonyl (C=O) groups excluding carboxylic acids is 5. The van der Waals surface area contributed by atoms with Crippen LogP contribution in [0.25, 0.3) is 11.1 Å². The van der Waals surface area contributed by atoms with Crippen LogP contribution in [0.5, 0.6) is 0 Å². The van der Waals surface area contributed by atoms with Gasteiger partial charge in [0.1, 0.15) is 0 Å². The molecular formula is C28H32F3N3O7. The Bertz CT molecular complexity index is 1210. The number of esters is 2. The Labute approximate surface area is 235 Å². The highest BCUT2D eigenvalue weighted by atomic mass is 19.4. The Morgan fingerprint density at radius 2 is 1.44 bits per heavy atom. The molecular weight excluding hydrogens is 547 g/mol. The molecule has 0 aliphatic heterocycles. The number of amides is 3. The molecule has 0 aliphatic carbocycles. The topological polar surface area (TPSA) is 140 Å². The third-order valence-electron chi connectivity index (χ3n) is 5.27. The van der Waals surface area contributed by atoms with Crippen molar-refractivity contribution in [2.75, 3.05) is 19.7 Å². The second-order valence-corrected chi connectivity index (χ2v) is 10.2. The molecule has 222 valence electrons. The molecule has 2 aromatic carbocycles. The fourth-order valence-electron chi connectivity index (χ4n) is 3.28. The lowest BCUT2D eigenvalue weighted by atomic mass is 9.99. The van der Waals surface area contributed by atoms with E-state index in [2.05, 4.69) is 20.7 Å². The van der Waals surface area contributed by atoms with Gasteiger partial charge in [0.05, 0.1) is 25.6 Å².